The van der Waals surface area contributed by atoms with Crippen molar-refractivity contribution in [2.45, 2.75) is 24.9 Å². The summed E-state index contributed by atoms with van der Waals surface area (Å²) in [6.45, 7) is 0. The van der Waals surface area contributed by atoms with E-state index in [0.717, 1.165) is 12.3 Å². The van der Waals surface area contributed by atoms with Crippen LogP contribution in [0.4, 0.5) is 0 Å². The van der Waals surface area contributed by atoms with E-state index in [0.29, 0.717) is 6.04 Å². The highest BCUT2D eigenvalue weighted by Gasteiger charge is 2.47. The summed E-state index contributed by atoms with van der Waals surface area (Å²) in [5.74, 6) is 0.574. The SMILES string of the molecule is NC(=O)C1CC2CC2N1. The highest BCUT2D eigenvalue weighted by molar-refractivity contribution is 5.80. The Morgan fingerprint density at radius 2 is 2.33 bits per heavy atom. The summed E-state index contributed by atoms with van der Waals surface area (Å²) in [5.41, 5.74) is 5.08. The predicted molar refractivity (Wildman–Crippen MR) is 32.6 cm³/mol. The highest BCUT2D eigenvalue weighted by atomic mass is 16.1. The van der Waals surface area contributed by atoms with Crippen molar-refractivity contribution in [2.24, 2.45) is 11.7 Å². The van der Waals surface area contributed by atoms with E-state index in [1.165, 1.54) is 6.42 Å². The molecular formula is C6H10N2O. The summed E-state index contributed by atoms with van der Waals surface area (Å²) in [5, 5.41) is 3.15. The zero-order valence-electron chi connectivity index (χ0n) is 5.13. The van der Waals surface area contributed by atoms with Gasteiger partial charge in [-0.15, -0.1) is 0 Å². The topological polar surface area (TPSA) is 55.1 Å². The largest absolute Gasteiger partial charge is 0.368 e. The van der Waals surface area contributed by atoms with E-state index in [1.807, 2.05) is 0 Å². The molecule has 2 aliphatic rings. The molecule has 0 spiro atoms. The number of piperidine rings is 1. The van der Waals surface area contributed by atoms with Crippen LogP contribution in [0.3, 0.4) is 0 Å². The van der Waals surface area contributed by atoms with Crippen molar-refractivity contribution in [3.63, 3.8) is 0 Å². The zero-order chi connectivity index (χ0) is 6.43. The Hall–Kier alpha value is -0.570. The second-order valence-electron chi connectivity index (χ2n) is 2.96. The van der Waals surface area contributed by atoms with Crippen LogP contribution in [0.25, 0.3) is 0 Å². The third kappa shape index (κ3) is 0.721. The van der Waals surface area contributed by atoms with Crippen molar-refractivity contribution in [3.8, 4) is 0 Å². The van der Waals surface area contributed by atoms with E-state index in [-0.39, 0.29) is 11.9 Å². The minimum absolute atomic E-state index is 0.0197. The first-order valence-electron chi connectivity index (χ1n) is 3.33. The van der Waals surface area contributed by atoms with Gasteiger partial charge >= 0.3 is 0 Å². The fourth-order valence-corrected chi connectivity index (χ4v) is 1.54. The van der Waals surface area contributed by atoms with Crippen LogP contribution < -0.4 is 11.1 Å². The maximum Gasteiger partial charge on any atom is 0.234 e. The van der Waals surface area contributed by atoms with Gasteiger partial charge in [0.1, 0.15) is 0 Å². The number of carbonyl (C=O) groups is 1. The molecule has 9 heavy (non-hydrogen) atoms. The van der Waals surface area contributed by atoms with Crippen molar-refractivity contribution in [2.75, 3.05) is 0 Å². The van der Waals surface area contributed by atoms with Gasteiger partial charge in [0.05, 0.1) is 6.04 Å². The van der Waals surface area contributed by atoms with Crippen molar-refractivity contribution >= 4 is 5.91 Å². The van der Waals surface area contributed by atoms with Crippen LogP contribution >= 0.6 is 0 Å². The molecule has 0 radical (unpaired) electrons. The molecule has 0 bridgehead atoms. The number of primary amides is 1. The molecule has 1 amide bonds. The first-order valence-corrected chi connectivity index (χ1v) is 3.33. The quantitative estimate of drug-likeness (QED) is 0.484. The second-order valence-corrected chi connectivity index (χ2v) is 2.96. The molecule has 2 fully saturated rings. The van der Waals surface area contributed by atoms with Gasteiger partial charge in [-0.25, -0.2) is 0 Å². The molecule has 2 rings (SSSR count). The van der Waals surface area contributed by atoms with Gasteiger partial charge in [-0.3, -0.25) is 4.79 Å². The number of nitrogens with two attached hydrogens (primary N) is 1. The Kier molecular flexibility index (Phi) is 0.858. The number of fused-ring (bicyclic) bond motifs is 1. The third-order valence-corrected chi connectivity index (χ3v) is 2.22. The van der Waals surface area contributed by atoms with Gasteiger partial charge in [-0.05, 0) is 18.8 Å². The molecule has 50 valence electrons. The van der Waals surface area contributed by atoms with Crippen LogP contribution in [0, 0.1) is 5.92 Å². The van der Waals surface area contributed by atoms with Crippen molar-refractivity contribution in [1.29, 1.82) is 0 Å². The number of hydrogen-bond acceptors (Lipinski definition) is 2. The molecule has 0 aromatic heterocycles. The lowest BCUT2D eigenvalue weighted by Crippen LogP contribution is -2.38. The second kappa shape index (κ2) is 1.48. The van der Waals surface area contributed by atoms with Crippen LogP contribution in [0.5, 0.6) is 0 Å². The lowest BCUT2D eigenvalue weighted by atomic mass is 10.2. The van der Waals surface area contributed by atoms with E-state index in [2.05, 4.69) is 5.32 Å². The van der Waals surface area contributed by atoms with Gasteiger partial charge < -0.3 is 11.1 Å². The number of carbonyl (C=O) groups excluding carboxylic acids is 1. The highest BCUT2D eigenvalue weighted by Crippen LogP contribution is 2.40. The van der Waals surface area contributed by atoms with Gasteiger partial charge in [-0.2, -0.15) is 0 Å². The molecular weight excluding hydrogens is 116 g/mol. The predicted octanol–water partition coefficient (Wildman–Crippen LogP) is -0.778. The molecule has 3 heteroatoms. The first-order chi connectivity index (χ1) is 4.27. The summed E-state index contributed by atoms with van der Waals surface area (Å²) in [4.78, 5) is 10.5. The van der Waals surface area contributed by atoms with Crippen LogP contribution in [0.15, 0.2) is 0 Å². The van der Waals surface area contributed by atoms with Crippen molar-refractivity contribution in [1.82, 2.24) is 5.32 Å². The van der Waals surface area contributed by atoms with Crippen molar-refractivity contribution in [3.05, 3.63) is 0 Å². The molecule has 1 saturated heterocycles. The van der Waals surface area contributed by atoms with Crippen molar-refractivity contribution < 1.29 is 4.79 Å². The third-order valence-electron chi connectivity index (χ3n) is 2.22. The fraction of sp³-hybridized carbons (Fsp3) is 0.833. The minimum Gasteiger partial charge on any atom is -0.368 e. The fourth-order valence-electron chi connectivity index (χ4n) is 1.54. The Balaban J connectivity index is 1.97. The van der Waals surface area contributed by atoms with Crippen LogP contribution in [0.2, 0.25) is 0 Å². The normalized spacial score (nSPS) is 46.4. The van der Waals surface area contributed by atoms with E-state index in [9.17, 15) is 4.79 Å². The monoisotopic (exact) mass is 126 g/mol. The average molecular weight is 126 g/mol. The smallest absolute Gasteiger partial charge is 0.234 e. The molecule has 3 N–H and O–H groups in total. The van der Waals surface area contributed by atoms with Crippen LogP contribution in [0.1, 0.15) is 12.8 Å². The number of amides is 1. The summed E-state index contributed by atoms with van der Waals surface area (Å²) < 4.78 is 0. The van der Waals surface area contributed by atoms with Gasteiger partial charge in [0.2, 0.25) is 5.91 Å². The lowest BCUT2D eigenvalue weighted by Gasteiger charge is -2.06. The molecule has 1 aliphatic carbocycles. The number of rotatable bonds is 1. The molecule has 1 heterocycles. The van der Waals surface area contributed by atoms with E-state index in [4.69, 9.17) is 5.73 Å². The number of nitrogens with one attached hydrogen (secondary N) is 1. The summed E-state index contributed by atoms with van der Waals surface area (Å²) >= 11 is 0. The van der Waals surface area contributed by atoms with E-state index < -0.39 is 0 Å². The summed E-state index contributed by atoms with van der Waals surface area (Å²) in [7, 11) is 0. The standard InChI is InChI=1S/C6H10N2O/c7-6(9)5-2-3-1-4(3)8-5/h3-5,8H,1-2H2,(H2,7,9). The molecule has 1 saturated carbocycles. The maximum atomic E-state index is 10.5. The summed E-state index contributed by atoms with van der Waals surface area (Å²) in [6, 6.07) is 0.608. The minimum atomic E-state index is -0.192. The summed E-state index contributed by atoms with van der Waals surface area (Å²) in [6.07, 6.45) is 2.23. The van der Waals surface area contributed by atoms with Gasteiger partial charge in [-0.1, -0.05) is 0 Å². The van der Waals surface area contributed by atoms with Crippen LogP contribution in [-0.4, -0.2) is 18.0 Å². The van der Waals surface area contributed by atoms with Gasteiger partial charge in [0.25, 0.3) is 0 Å². The zero-order valence-corrected chi connectivity index (χ0v) is 5.13. The van der Waals surface area contributed by atoms with Crippen LogP contribution in [-0.2, 0) is 4.79 Å². The van der Waals surface area contributed by atoms with E-state index >= 15 is 0 Å². The average Bonchev–Trinajstić information content (AvgIpc) is 2.40. The molecule has 3 atom stereocenters. The Morgan fingerprint density at radius 1 is 1.56 bits per heavy atom. The molecule has 3 unspecified atom stereocenters. The molecule has 1 aliphatic heterocycles. The number of hydrogen-bond donors (Lipinski definition) is 2. The van der Waals surface area contributed by atoms with Gasteiger partial charge in [0, 0.05) is 6.04 Å². The van der Waals surface area contributed by atoms with Gasteiger partial charge in [0.15, 0.2) is 0 Å². The lowest BCUT2D eigenvalue weighted by molar-refractivity contribution is -0.119. The molecule has 0 aromatic rings. The molecule has 0 aromatic carbocycles. The maximum absolute atomic E-state index is 10.5. The van der Waals surface area contributed by atoms with E-state index in [1.54, 1.807) is 0 Å². The molecule has 3 nitrogen and oxygen atoms in total. The Bertz CT molecular complexity index is 147. The Morgan fingerprint density at radius 3 is 2.67 bits per heavy atom. The Labute approximate surface area is 53.6 Å². The first kappa shape index (κ1) is 5.23.